The molecule has 0 bridgehead atoms. The number of fused-ring (bicyclic) bond motifs is 1. The second-order valence-electron chi connectivity index (χ2n) is 7.26. The van der Waals surface area contributed by atoms with E-state index in [1.807, 2.05) is 24.3 Å². The molecule has 4 heterocycles. The standard InChI is InChI=1S/C20H18BrN9O2S/c21-16-8-7-13(33-16)10-23-25-20(31)17-15(30(28-24-17)19-18(22)26-32-27-19)11-29-9-3-5-12-4-1-2-6-14(12)29/h1-2,4,6-8,10H,3,5,9,11H2,(H2,22,26)(H,25,31)/b23-10-. The Morgan fingerprint density at radius 1 is 1.30 bits per heavy atom. The first-order chi connectivity index (χ1) is 16.1. The summed E-state index contributed by atoms with van der Waals surface area (Å²) in [7, 11) is 0. The average molecular weight is 528 g/mol. The van der Waals surface area contributed by atoms with E-state index in [2.05, 4.69) is 64.1 Å². The highest BCUT2D eigenvalue weighted by Gasteiger charge is 2.27. The molecule has 0 saturated heterocycles. The van der Waals surface area contributed by atoms with Crippen LogP contribution in [-0.4, -0.2) is 44.0 Å². The van der Waals surface area contributed by atoms with E-state index in [1.165, 1.54) is 21.6 Å². The number of benzene rings is 1. The van der Waals surface area contributed by atoms with Gasteiger partial charge in [-0.1, -0.05) is 23.4 Å². The van der Waals surface area contributed by atoms with Gasteiger partial charge < -0.3 is 10.6 Å². The highest BCUT2D eigenvalue weighted by molar-refractivity contribution is 9.11. The largest absolute Gasteiger partial charge is 0.378 e. The van der Waals surface area contributed by atoms with E-state index in [1.54, 1.807) is 6.21 Å². The van der Waals surface area contributed by atoms with Gasteiger partial charge in [-0.05, 0) is 62.8 Å². The predicted molar refractivity (Wildman–Crippen MR) is 127 cm³/mol. The number of thiophene rings is 1. The Morgan fingerprint density at radius 3 is 2.97 bits per heavy atom. The molecule has 33 heavy (non-hydrogen) atoms. The lowest BCUT2D eigenvalue weighted by atomic mass is 10.0. The van der Waals surface area contributed by atoms with Crippen molar-refractivity contribution >= 4 is 50.9 Å². The normalized spacial score (nSPS) is 13.4. The molecular weight excluding hydrogens is 510 g/mol. The van der Waals surface area contributed by atoms with Gasteiger partial charge in [0.05, 0.1) is 22.2 Å². The number of rotatable bonds is 6. The molecule has 0 aliphatic carbocycles. The molecule has 168 valence electrons. The Hall–Kier alpha value is -3.58. The number of hydrazone groups is 1. The third-order valence-corrected chi connectivity index (χ3v) is 6.73. The van der Waals surface area contributed by atoms with Crippen LogP contribution in [-0.2, 0) is 13.0 Å². The Balaban J connectivity index is 1.46. The first kappa shape index (κ1) is 21.3. The predicted octanol–water partition coefficient (Wildman–Crippen LogP) is 2.77. The number of halogens is 1. The molecule has 1 amide bonds. The van der Waals surface area contributed by atoms with Crippen LogP contribution in [0, 0.1) is 0 Å². The summed E-state index contributed by atoms with van der Waals surface area (Å²) >= 11 is 4.90. The third-order valence-electron chi connectivity index (χ3n) is 5.17. The number of hydrogen-bond donors (Lipinski definition) is 2. The van der Waals surface area contributed by atoms with Gasteiger partial charge in [0, 0.05) is 17.1 Å². The SMILES string of the molecule is Nc1nonc1-n1nnc(C(=O)N/N=C\c2ccc(Br)s2)c1CN1CCCc2ccccc21. The van der Waals surface area contributed by atoms with E-state index in [-0.39, 0.29) is 17.3 Å². The van der Waals surface area contributed by atoms with Crippen molar-refractivity contribution < 1.29 is 9.42 Å². The summed E-state index contributed by atoms with van der Waals surface area (Å²) in [5.74, 6) is -0.273. The maximum Gasteiger partial charge on any atom is 0.293 e. The first-order valence-corrected chi connectivity index (χ1v) is 11.7. The van der Waals surface area contributed by atoms with Gasteiger partial charge in [-0.2, -0.15) is 9.78 Å². The van der Waals surface area contributed by atoms with Crippen LogP contribution in [0.15, 0.2) is 49.9 Å². The molecule has 0 fully saturated rings. The zero-order valence-corrected chi connectivity index (χ0v) is 19.6. The van der Waals surface area contributed by atoms with Crippen molar-refractivity contribution in [3.8, 4) is 5.82 Å². The van der Waals surface area contributed by atoms with Gasteiger partial charge in [-0.25, -0.2) is 10.1 Å². The summed E-state index contributed by atoms with van der Waals surface area (Å²) < 4.78 is 7.09. The number of amides is 1. The van der Waals surface area contributed by atoms with Gasteiger partial charge in [0.15, 0.2) is 5.69 Å². The second kappa shape index (κ2) is 9.11. The van der Waals surface area contributed by atoms with Crippen LogP contribution in [0.1, 0.15) is 33.0 Å². The van der Waals surface area contributed by atoms with Crippen LogP contribution >= 0.6 is 27.3 Å². The third kappa shape index (κ3) is 4.36. The number of carbonyl (C=O) groups is 1. The molecule has 1 aliphatic heterocycles. The lowest BCUT2D eigenvalue weighted by Crippen LogP contribution is -2.31. The molecule has 11 nitrogen and oxygen atoms in total. The van der Waals surface area contributed by atoms with E-state index in [4.69, 9.17) is 10.4 Å². The Bertz CT molecular complexity index is 1330. The number of aryl methyl sites for hydroxylation is 1. The molecular formula is C20H18BrN9O2S. The van der Waals surface area contributed by atoms with E-state index in [9.17, 15) is 4.79 Å². The minimum atomic E-state index is -0.497. The smallest absolute Gasteiger partial charge is 0.293 e. The van der Waals surface area contributed by atoms with E-state index >= 15 is 0 Å². The number of para-hydroxylation sites is 1. The van der Waals surface area contributed by atoms with Crippen molar-refractivity contribution in [3.05, 3.63) is 62.0 Å². The fourth-order valence-electron chi connectivity index (χ4n) is 3.69. The van der Waals surface area contributed by atoms with Crippen molar-refractivity contribution in [2.24, 2.45) is 5.10 Å². The lowest BCUT2D eigenvalue weighted by Gasteiger charge is -2.31. The maximum absolute atomic E-state index is 13.0. The molecule has 1 aliphatic rings. The number of hydrogen-bond acceptors (Lipinski definition) is 10. The maximum atomic E-state index is 13.0. The highest BCUT2D eigenvalue weighted by atomic mass is 79.9. The Kier molecular flexibility index (Phi) is 5.88. The zero-order valence-electron chi connectivity index (χ0n) is 17.2. The van der Waals surface area contributed by atoms with Crippen LogP contribution in [0.4, 0.5) is 11.5 Å². The molecule has 0 unspecified atom stereocenters. The Labute approximate surface area is 200 Å². The van der Waals surface area contributed by atoms with Gasteiger partial charge in [-0.3, -0.25) is 4.79 Å². The number of nitrogens with two attached hydrogens (primary N) is 1. The van der Waals surface area contributed by atoms with Crippen molar-refractivity contribution in [2.75, 3.05) is 17.2 Å². The number of nitrogen functional groups attached to an aromatic ring is 1. The molecule has 0 radical (unpaired) electrons. The summed E-state index contributed by atoms with van der Waals surface area (Å²) in [5, 5.41) is 19.7. The molecule has 5 rings (SSSR count). The minimum Gasteiger partial charge on any atom is -0.378 e. The lowest BCUT2D eigenvalue weighted by molar-refractivity contribution is 0.0949. The van der Waals surface area contributed by atoms with Crippen LogP contribution in [0.2, 0.25) is 0 Å². The molecule has 0 atom stereocenters. The van der Waals surface area contributed by atoms with E-state index in [0.717, 1.165) is 33.7 Å². The number of nitrogens with one attached hydrogen (secondary N) is 1. The summed E-state index contributed by atoms with van der Waals surface area (Å²) in [5.41, 5.74) is 11.4. The van der Waals surface area contributed by atoms with Crippen LogP contribution in [0.5, 0.6) is 0 Å². The fourth-order valence-corrected chi connectivity index (χ4v) is 4.99. The van der Waals surface area contributed by atoms with Crippen LogP contribution in [0.3, 0.4) is 0 Å². The van der Waals surface area contributed by atoms with Crippen molar-refractivity contribution in [1.29, 1.82) is 0 Å². The van der Waals surface area contributed by atoms with Crippen LogP contribution < -0.4 is 16.1 Å². The summed E-state index contributed by atoms with van der Waals surface area (Å²) in [6.45, 7) is 1.18. The van der Waals surface area contributed by atoms with E-state index in [0.29, 0.717) is 12.2 Å². The monoisotopic (exact) mass is 527 g/mol. The summed E-state index contributed by atoms with van der Waals surface area (Å²) in [6.07, 6.45) is 3.57. The van der Waals surface area contributed by atoms with Crippen molar-refractivity contribution in [2.45, 2.75) is 19.4 Å². The molecule has 3 aromatic heterocycles. The fraction of sp³-hybridized carbons (Fsp3) is 0.200. The van der Waals surface area contributed by atoms with Crippen molar-refractivity contribution in [3.63, 3.8) is 0 Å². The highest BCUT2D eigenvalue weighted by Crippen LogP contribution is 2.29. The summed E-state index contributed by atoms with van der Waals surface area (Å²) in [4.78, 5) is 16.0. The topological polar surface area (TPSA) is 140 Å². The molecule has 0 saturated carbocycles. The quantitative estimate of drug-likeness (QED) is 0.288. The Morgan fingerprint density at radius 2 is 2.18 bits per heavy atom. The van der Waals surface area contributed by atoms with Gasteiger partial charge in [0.25, 0.3) is 5.91 Å². The number of anilines is 2. The molecule has 13 heteroatoms. The first-order valence-electron chi connectivity index (χ1n) is 10.0. The van der Waals surface area contributed by atoms with Crippen molar-refractivity contribution in [1.82, 2.24) is 30.7 Å². The second-order valence-corrected chi connectivity index (χ2v) is 9.76. The van der Waals surface area contributed by atoms with Gasteiger partial charge in [0.2, 0.25) is 11.6 Å². The zero-order chi connectivity index (χ0) is 22.8. The average Bonchev–Trinajstić information content (AvgIpc) is 3.54. The van der Waals surface area contributed by atoms with Crippen LogP contribution in [0.25, 0.3) is 5.82 Å². The molecule has 1 aromatic carbocycles. The van der Waals surface area contributed by atoms with E-state index < -0.39 is 5.91 Å². The number of carbonyl (C=O) groups excluding carboxylic acids is 1. The molecule has 3 N–H and O–H groups in total. The molecule has 4 aromatic rings. The summed E-state index contributed by atoms with van der Waals surface area (Å²) in [6, 6.07) is 12.0. The van der Waals surface area contributed by atoms with Gasteiger partial charge >= 0.3 is 0 Å². The number of aromatic nitrogens is 5. The number of nitrogens with zero attached hydrogens (tertiary/aromatic N) is 7. The van der Waals surface area contributed by atoms with Gasteiger partial charge in [-0.15, -0.1) is 16.4 Å². The minimum absolute atomic E-state index is 0.0495. The van der Waals surface area contributed by atoms with Gasteiger partial charge in [0.1, 0.15) is 0 Å². The molecule has 0 spiro atoms.